The number of nitrogens with two attached hydrogens (primary N) is 1. The lowest BCUT2D eigenvalue weighted by Gasteiger charge is -2.11. The monoisotopic (exact) mass is 280 g/mol. The second-order valence-corrected chi connectivity index (χ2v) is 4.71. The van der Waals surface area contributed by atoms with Crippen molar-refractivity contribution in [3.05, 3.63) is 53.3 Å². The molecule has 0 radical (unpaired) electrons. The summed E-state index contributed by atoms with van der Waals surface area (Å²) < 4.78 is 2.22. The lowest BCUT2D eigenvalue weighted by atomic mass is 10.1. The Hall–Kier alpha value is -1.29. The fourth-order valence-electron chi connectivity index (χ4n) is 2.36. The van der Waals surface area contributed by atoms with Gasteiger partial charge in [-0.05, 0) is 44.0 Å². The van der Waals surface area contributed by atoms with Gasteiger partial charge in [0.1, 0.15) is 0 Å². The van der Waals surface area contributed by atoms with Crippen molar-refractivity contribution >= 4 is 12.4 Å². The van der Waals surface area contributed by atoms with E-state index in [4.69, 9.17) is 10.8 Å². The molecule has 1 aromatic carbocycles. The highest BCUT2D eigenvalue weighted by molar-refractivity contribution is 5.85. The molecule has 0 saturated carbocycles. The van der Waals surface area contributed by atoms with E-state index in [9.17, 15) is 0 Å². The molecule has 1 unspecified atom stereocenters. The molecule has 0 aliphatic rings. The number of benzene rings is 1. The maximum atomic E-state index is 9.05. The van der Waals surface area contributed by atoms with Crippen LogP contribution in [0.5, 0.6) is 0 Å². The van der Waals surface area contributed by atoms with E-state index >= 15 is 0 Å². The van der Waals surface area contributed by atoms with Crippen LogP contribution in [0.3, 0.4) is 0 Å². The van der Waals surface area contributed by atoms with Crippen LogP contribution in [0.1, 0.15) is 17.0 Å². The number of rotatable bonds is 4. The predicted octanol–water partition coefficient (Wildman–Crippen LogP) is 2.38. The van der Waals surface area contributed by atoms with Crippen LogP contribution < -0.4 is 5.73 Å². The lowest BCUT2D eigenvalue weighted by Crippen LogP contribution is -2.27. The van der Waals surface area contributed by atoms with Gasteiger partial charge >= 0.3 is 0 Å². The molecule has 2 aromatic rings. The molecule has 0 amide bonds. The third kappa shape index (κ3) is 3.38. The number of hydrogen-bond donors (Lipinski definition) is 2. The number of aryl methyl sites for hydroxylation is 1. The van der Waals surface area contributed by atoms with Gasteiger partial charge in [-0.2, -0.15) is 0 Å². The number of para-hydroxylation sites is 1. The molecule has 0 fully saturated rings. The van der Waals surface area contributed by atoms with E-state index < -0.39 is 0 Å². The standard InChI is InChI=1S/C15H20N2O.ClH/c1-11-8-13(9-14(16)10-18)12(2)17(11)15-6-4-3-5-7-15;/h3-8,14,18H,9-10,16H2,1-2H3;1H. The van der Waals surface area contributed by atoms with Gasteiger partial charge in [0, 0.05) is 23.1 Å². The molecule has 3 N–H and O–H groups in total. The fourth-order valence-corrected chi connectivity index (χ4v) is 2.36. The summed E-state index contributed by atoms with van der Waals surface area (Å²) in [5.41, 5.74) is 10.6. The molecule has 0 aliphatic carbocycles. The average molecular weight is 281 g/mol. The molecular formula is C15H21ClN2O. The molecule has 104 valence electrons. The Morgan fingerprint density at radius 2 is 1.84 bits per heavy atom. The van der Waals surface area contributed by atoms with Gasteiger partial charge in [0.05, 0.1) is 6.61 Å². The van der Waals surface area contributed by atoms with E-state index in [2.05, 4.69) is 36.6 Å². The first-order valence-electron chi connectivity index (χ1n) is 6.23. The SMILES string of the molecule is Cc1cc(CC(N)CO)c(C)n1-c1ccccc1.Cl. The molecule has 1 atom stereocenters. The van der Waals surface area contributed by atoms with Gasteiger partial charge in [0.2, 0.25) is 0 Å². The summed E-state index contributed by atoms with van der Waals surface area (Å²) in [4.78, 5) is 0. The van der Waals surface area contributed by atoms with Crippen LogP contribution >= 0.6 is 12.4 Å². The largest absolute Gasteiger partial charge is 0.395 e. The van der Waals surface area contributed by atoms with Crippen molar-refractivity contribution in [3.8, 4) is 5.69 Å². The normalized spacial score (nSPS) is 12.0. The average Bonchev–Trinajstić information content (AvgIpc) is 2.65. The van der Waals surface area contributed by atoms with Crippen molar-refractivity contribution < 1.29 is 5.11 Å². The van der Waals surface area contributed by atoms with E-state index in [-0.39, 0.29) is 25.1 Å². The van der Waals surface area contributed by atoms with Crippen LogP contribution in [-0.2, 0) is 6.42 Å². The Labute approximate surface area is 120 Å². The van der Waals surface area contributed by atoms with Gasteiger partial charge in [-0.15, -0.1) is 12.4 Å². The molecular weight excluding hydrogens is 260 g/mol. The highest BCUT2D eigenvalue weighted by Crippen LogP contribution is 2.21. The fraction of sp³-hybridized carbons (Fsp3) is 0.333. The van der Waals surface area contributed by atoms with Crippen LogP contribution in [0.4, 0.5) is 0 Å². The Morgan fingerprint density at radius 3 is 2.42 bits per heavy atom. The number of halogens is 1. The molecule has 1 aromatic heterocycles. The van der Waals surface area contributed by atoms with Crippen LogP contribution in [0.2, 0.25) is 0 Å². The Bertz CT molecular complexity index is 522. The summed E-state index contributed by atoms with van der Waals surface area (Å²) in [7, 11) is 0. The zero-order chi connectivity index (χ0) is 13.1. The summed E-state index contributed by atoms with van der Waals surface area (Å²) in [6, 6.07) is 12.2. The van der Waals surface area contributed by atoms with Gasteiger partial charge < -0.3 is 15.4 Å². The van der Waals surface area contributed by atoms with E-state index in [0.29, 0.717) is 6.42 Å². The maximum absolute atomic E-state index is 9.05. The number of aromatic nitrogens is 1. The van der Waals surface area contributed by atoms with Crippen molar-refractivity contribution in [1.29, 1.82) is 0 Å². The maximum Gasteiger partial charge on any atom is 0.0585 e. The first-order chi connectivity index (χ1) is 8.63. The highest BCUT2D eigenvalue weighted by Gasteiger charge is 2.12. The van der Waals surface area contributed by atoms with Gasteiger partial charge in [-0.25, -0.2) is 0 Å². The Kier molecular flexibility index (Phi) is 5.60. The molecule has 3 nitrogen and oxygen atoms in total. The van der Waals surface area contributed by atoms with E-state index in [1.807, 2.05) is 18.2 Å². The van der Waals surface area contributed by atoms with E-state index in [1.54, 1.807) is 0 Å². The molecule has 0 saturated heterocycles. The highest BCUT2D eigenvalue weighted by atomic mass is 35.5. The number of hydrogen-bond acceptors (Lipinski definition) is 2. The van der Waals surface area contributed by atoms with Crippen LogP contribution in [0.25, 0.3) is 5.69 Å². The summed E-state index contributed by atoms with van der Waals surface area (Å²) >= 11 is 0. The first kappa shape index (κ1) is 15.8. The summed E-state index contributed by atoms with van der Waals surface area (Å²) in [5, 5.41) is 9.05. The van der Waals surface area contributed by atoms with Crippen molar-refractivity contribution in [3.63, 3.8) is 0 Å². The zero-order valence-corrected chi connectivity index (χ0v) is 12.2. The Balaban J connectivity index is 0.00000180. The summed E-state index contributed by atoms with van der Waals surface area (Å²) in [5.74, 6) is 0. The predicted molar refractivity (Wildman–Crippen MR) is 81.3 cm³/mol. The number of aliphatic hydroxyl groups excluding tert-OH is 1. The molecule has 19 heavy (non-hydrogen) atoms. The number of aliphatic hydroxyl groups is 1. The minimum absolute atomic E-state index is 0. The van der Waals surface area contributed by atoms with Gasteiger partial charge in [-0.1, -0.05) is 18.2 Å². The number of nitrogens with zero attached hydrogens (tertiary/aromatic N) is 1. The molecule has 2 rings (SSSR count). The quantitative estimate of drug-likeness (QED) is 0.903. The smallest absolute Gasteiger partial charge is 0.0585 e. The minimum atomic E-state index is -0.185. The van der Waals surface area contributed by atoms with E-state index in [1.165, 1.54) is 17.0 Å². The van der Waals surface area contributed by atoms with Crippen LogP contribution in [0, 0.1) is 13.8 Å². The third-order valence-electron chi connectivity index (χ3n) is 3.27. The molecule has 1 heterocycles. The molecule has 0 spiro atoms. The molecule has 0 aliphatic heterocycles. The van der Waals surface area contributed by atoms with Gasteiger partial charge in [0.15, 0.2) is 0 Å². The van der Waals surface area contributed by atoms with E-state index in [0.717, 1.165) is 5.69 Å². The summed E-state index contributed by atoms with van der Waals surface area (Å²) in [6.07, 6.45) is 0.711. The van der Waals surface area contributed by atoms with Crippen molar-refractivity contribution in [2.24, 2.45) is 5.73 Å². The second-order valence-electron chi connectivity index (χ2n) is 4.71. The topological polar surface area (TPSA) is 51.2 Å². The van der Waals surface area contributed by atoms with Crippen LogP contribution in [-0.4, -0.2) is 22.3 Å². The Morgan fingerprint density at radius 1 is 1.21 bits per heavy atom. The molecule has 4 heteroatoms. The summed E-state index contributed by atoms with van der Waals surface area (Å²) in [6.45, 7) is 4.21. The van der Waals surface area contributed by atoms with Gasteiger partial charge in [0.25, 0.3) is 0 Å². The van der Waals surface area contributed by atoms with Crippen LogP contribution in [0.15, 0.2) is 36.4 Å². The second kappa shape index (κ2) is 6.75. The van der Waals surface area contributed by atoms with Crippen molar-refractivity contribution in [1.82, 2.24) is 4.57 Å². The minimum Gasteiger partial charge on any atom is -0.395 e. The van der Waals surface area contributed by atoms with Gasteiger partial charge in [-0.3, -0.25) is 0 Å². The molecule has 0 bridgehead atoms. The first-order valence-corrected chi connectivity index (χ1v) is 6.23. The lowest BCUT2D eigenvalue weighted by molar-refractivity contribution is 0.265. The van der Waals surface area contributed by atoms with Crippen molar-refractivity contribution in [2.75, 3.05) is 6.61 Å². The van der Waals surface area contributed by atoms with Crippen molar-refractivity contribution in [2.45, 2.75) is 26.3 Å². The zero-order valence-electron chi connectivity index (χ0n) is 11.3. The third-order valence-corrected chi connectivity index (χ3v) is 3.27.